The molecule has 15 heavy (non-hydrogen) atoms. The molecule has 1 heterocycles. The molecule has 2 atom stereocenters. The van der Waals surface area contributed by atoms with Crippen LogP contribution in [0.25, 0.3) is 0 Å². The lowest BCUT2D eigenvalue weighted by molar-refractivity contribution is -0.122. The molecule has 1 saturated heterocycles. The van der Waals surface area contributed by atoms with Crippen molar-refractivity contribution in [2.24, 2.45) is 11.7 Å². The standard InChI is InChI=1S/C11H23N3O/c1-3-6-14(8-9(2)11(12)15)10-4-5-13-7-10/h9-10,13H,3-8H2,1-2H3,(H2,12,15). The minimum absolute atomic E-state index is 0.0443. The fourth-order valence-electron chi connectivity index (χ4n) is 2.10. The van der Waals surface area contributed by atoms with E-state index in [0.717, 1.165) is 32.6 Å². The van der Waals surface area contributed by atoms with Gasteiger partial charge in [-0.1, -0.05) is 13.8 Å². The van der Waals surface area contributed by atoms with Crippen molar-refractivity contribution in [2.75, 3.05) is 26.2 Å². The molecule has 0 radical (unpaired) electrons. The van der Waals surface area contributed by atoms with E-state index in [2.05, 4.69) is 17.1 Å². The van der Waals surface area contributed by atoms with Gasteiger partial charge in [-0.15, -0.1) is 0 Å². The Morgan fingerprint density at radius 2 is 2.40 bits per heavy atom. The van der Waals surface area contributed by atoms with Crippen LogP contribution in [0.15, 0.2) is 0 Å². The zero-order valence-electron chi connectivity index (χ0n) is 9.83. The Morgan fingerprint density at radius 3 is 2.87 bits per heavy atom. The molecule has 0 aromatic heterocycles. The maximum absolute atomic E-state index is 11.0. The second-order valence-electron chi connectivity index (χ2n) is 4.44. The van der Waals surface area contributed by atoms with Crippen molar-refractivity contribution in [2.45, 2.75) is 32.7 Å². The summed E-state index contributed by atoms with van der Waals surface area (Å²) in [6.07, 6.45) is 2.31. The van der Waals surface area contributed by atoms with Crippen molar-refractivity contribution >= 4 is 5.91 Å². The molecule has 1 rings (SSSR count). The highest BCUT2D eigenvalue weighted by Crippen LogP contribution is 2.11. The van der Waals surface area contributed by atoms with Crippen molar-refractivity contribution in [3.8, 4) is 0 Å². The van der Waals surface area contributed by atoms with Gasteiger partial charge >= 0.3 is 0 Å². The lowest BCUT2D eigenvalue weighted by Gasteiger charge is -2.29. The highest BCUT2D eigenvalue weighted by molar-refractivity contribution is 5.76. The Labute approximate surface area is 92.2 Å². The van der Waals surface area contributed by atoms with Gasteiger partial charge in [-0.2, -0.15) is 0 Å². The summed E-state index contributed by atoms with van der Waals surface area (Å²) in [6, 6.07) is 0.590. The quantitative estimate of drug-likeness (QED) is 0.662. The van der Waals surface area contributed by atoms with Crippen molar-refractivity contribution in [3.05, 3.63) is 0 Å². The molecule has 0 aliphatic carbocycles. The van der Waals surface area contributed by atoms with Gasteiger partial charge in [0.05, 0.1) is 0 Å². The van der Waals surface area contributed by atoms with Crippen LogP contribution in [-0.4, -0.2) is 43.0 Å². The molecule has 1 aliphatic rings. The van der Waals surface area contributed by atoms with E-state index in [1.165, 1.54) is 6.42 Å². The first-order valence-electron chi connectivity index (χ1n) is 5.89. The highest BCUT2D eigenvalue weighted by Gasteiger charge is 2.24. The fourth-order valence-corrected chi connectivity index (χ4v) is 2.10. The molecule has 88 valence electrons. The topological polar surface area (TPSA) is 58.4 Å². The van der Waals surface area contributed by atoms with Crippen molar-refractivity contribution in [1.82, 2.24) is 10.2 Å². The first kappa shape index (κ1) is 12.5. The second-order valence-corrected chi connectivity index (χ2v) is 4.44. The maximum Gasteiger partial charge on any atom is 0.221 e. The number of amides is 1. The Hall–Kier alpha value is -0.610. The Kier molecular flexibility index (Phi) is 5.05. The Balaban J connectivity index is 2.45. The SMILES string of the molecule is CCCN(CC(C)C(N)=O)C1CCNC1. The third-order valence-corrected chi connectivity index (χ3v) is 3.06. The zero-order valence-corrected chi connectivity index (χ0v) is 9.83. The van der Waals surface area contributed by atoms with Crippen LogP contribution in [0.2, 0.25) is 0 Å². The summed E-state index contributed by atoms with van der Waals surface area (Å²) in [5.41, 5.74) is 5.30. The van der Waals surface area contributed by atoms with E-state index in [4.69, 9.17) is 5.73 Å². The summed E-state index contributed by atoms with van der Waals surface area (Å²) in [5, 5.41) is 3.36. The molecule has 0 saturated carbocycles. The smallest absolute Gasteiger partial charge is 0.221 e. The number of rotatable bonds is 6. The number of nitrogens with one attached hydrogen (secondary N) is 1. The molecular weight excluding hydrogens is 190 g/mol. The number of carbonyl (C=O) groups is 1. The molecule has 4 nitrogen and oxygen atoms in total. The average molecular weight is 213 g/mol. The molecular formula is C11H23N3O. The summed E-state index contributed by atoms with van der Waals surface area (Å²) in [6.45, 7) is 8.08. The van der Waals surface area contributed by atoms with Gasteiger partial charge in [0, 0.05) is 25.0 Å². The number of carbonyl (C=O) groups excluding carboxylic acids is 1. The molecule has 2 unspecified atom stereocenters. The second kappa shape index (κ2) is 6.08. The van der Waals surface area contributed by atoms with Crippen molar-refractivity contribution < 1.29 is 4.79 Å². The van der Waals surface area contributed by atoms with E-state index >= 15 is 0 Å². The Morgan fingerprint density at radius 1 is 1.67 bits per heavy atom. The summed E-state index contributed by atoms with van der Waals surface area (Å²) >= 11 is 0. The normalized spacial score (nSPS) is 23.3. The van der Waals surface area contributed by atoms with Crippen LogP contribution >= 0.6 is 0 Å². The molecule has 0 aromatic rings. The van der Waals surface area contributed by atoms with E-state index in [9.17, 15) is 4.79 Å². The molecule has 1 aliphatic heterocycles. The van der Waals surface area contributed by atoms with Crippen LogP contribution < -0.4 is 11.1 Å². The van der Waals surface area contributed by atoms with Gasteiger partial charge in [-0.25, -0.2) is 0 Å². The number of nitrogens with two attached hydrogens (primary N) is 1. The van der Waals surface area contributed by atoms with Gasteiger partial charge in [0.2, 0.25) is 5.91 Å². The van der Waals surface area contributed by atoms with E-state index < -0.39 is 0 Å². The average Bonchev–Trinajstić information content (AvgIpc) is 2.69. The minimum Gasteiger partial charge on any atom is -0.369 e. The lowest BCUT2D eigenvalue weighted by atomic mass is 10.1. The maximum atomic E-state index is 11.0. The van der Waals surface area contributed by atoms with E-state index in [0.29, 0.717) is 6.04 Å². The van der Waals surface area contributed by atoms with E-state index in [-0.39, 0.29) is 11.8 Å². The lowest BCUT2D eigenvalue weighted by Crippen LogP contribution is -2.42. The van der Waals surface area contributed by atoms with Gasteiger partial charge in [0.1, 0.15) is 0 Å². The van der Waals surface area contributed by atoms with Crippen LogP contribution in [0.1, 0.15) is 26.7 Å². The first-order chi connectivity index (χ1) is 7.15. The summed E-state index contributed by atoms with van der Waals surface area (Å²) < 4.78 is 0. The number of hydrogen-bond acceptors (Lipinski definition) is 3. The first-order valence-corrected chi connectivity index (χ1v) is 5.89. The fraction of sp³-hybridized carbons (Fsp3) is 0.909. The third-order valence-electron chi connectivity index (χ3n) is 3.06. The molecule has 0 spiro atoms. The highest BCUT2D eigenvalue weighted by atomic mass is 16.1. The molecule has 0 bridgehead atoms. The van der Waals surface area contributed by atoms with Gasteiger partial charge in [-0.05, 0) is 25.9 Å². The van der Waals surface area contributed by atoms with Crippen LogP contribution in [0, 0.1) is 5.92 Å². The van der Waals surface area contributed by atoms with Gasteiger partial charge in [0.25, 0.3) is 0 Å². The molecule has 3 N–H and O–H groups in total. The predicted octanol–water partition coefficient (Wildman–Crippen LogP) is 0.182. The molecule has 0 aromatic carbocycles. The summed E-state index contributed by atoms with van der Waals surface area (Å²) in [7, 11) is 0. The number of nitrogens with zero attached hydrogens (tertiary/aromatic N) is 1. The van der Waals surface area contributed by atoms with Crippen LogP contribution in [0.4, 0.5) is 0 Å². The monoisotopic (exact) mass is 213 g/mol. The van der Waals surface area contributed by atoms with E-state index in [1.54, 1.807) is 0 Å². The Bertz CT molecular complexity index is 202. The number of primary amides is 1. The number of hydrogen-bond donors (Lipinski definition) is 2. The molecule has 1 fully saturated rings. The van der Waals surface area contributed by atoms with Gasteiger partial charge in [0.15, 0.2) is 0 Å². The van der Waals surface area contributed by atoms with Crippen LogP contribution in [0.3, 0.4) is 0 Å². The third kappa shape index (κ3) is 3.80. The van der Waals surface area contributed by atoms with Crippen molar-refractivity contribution in [1.29, 1.82) is 0 Å². The summed E-state index contributed by atoms with van der Waals surface area (Å²) in [4.78, 5) is 13.4. The molecule has 4 heteroatoms. The summed E-state index contributed by atoms with van der Waals surface area (Å²) in [5.74, 6) is -0.237. The van der Waals surface area contributed by atoms with Crippen LogP contribution in [-0.2, 0) is 4.79 Å². The predicted molar refractivity (Wildman–Crippen MR) is 61.5 cm³/mol. The zero-order chi connectivity index (χ0) is 11.3. The van der Waals surface area contributed by atoms with Crippen molar-refractivity contribution in [3.63, 3.8) is 0 Å². The molecule has 1 amide bonds. The van der Waals surface area contributed by atoms with Gasteiger partial charge in [-0.3, -0.25) is 9.69 Å². The largest absolute Gasteiger partial charge is 0.369 e. The van der Waals surface area contributed by atoms with Gasteiger partial charge < -0.3 is 11.1 Å². The van der Waals surface area contributed by atoms with Crippen LogP contribution in [0.5, 0.6) is 0 Å². The van der Waals surface area contributed by atoms with E-state index in [1.807, 2.05) is 6.92 Å². The minimum atomic E-state index is -0.193.